The van der Waals surface area contributed by atoms with Crippen molar-refractivity contribution >= 4 is 28.1 Å². The molecule has 0 N–H and O–H groups in total. The van der Waals surface area contributed by atoms with Gasteiger partial charge in [0.15, 0.2) is 5.15 Å². The molecule has 1 aromatic heterocycles. The van der Waals surface area contributed by atoms with E-state index in [1.165, 1.54) is 18.0 Å². The number of aromatic nitrogens is 1. The lowest BCUT2D eigenvalue weighted by atomic mass is 10.1. The molecule has 1 aromatic rings. The summed E-state index contributed by atoms with van der Waals surface area (Å²) < 4.78 is 4.08. The molecule has 0 bridgehead atoms. The smallest absolute Gasteiger partial charge is 0.162 e. The van der Waals surface area contributed by atoms with E-state index in [2.05, 4.69) is 34.1 Å². The Labute approximate surface area is 123 Å². The summed E-state index contributed by atoms with van der Waals surface area (Å²) in [6.07, 6.45) is 1.18. The molecule has 4 nitrogen and oxygen atoms in total. The number of hydrogen-bond acceptors (Lipinski definition) is 5. The Morgan fingerprint density at radius 1 is 1.53 bits per heavy atom. The van der Waals surface area contributed by atoms with Gasteiger partial charge in [-0.15, -0.1) is 0 Å². The van der Waals surface area contributed by atoms with Gasteiger partial charge in [0.25, 0.3) is 0 Å². The Morgan fingerprint density at radius 3 is 2.89 bits per heavy atom. The van der Waals surface area contributed by atoms with Crippen molar-refractivity contribution in [1.82, 2.24) is 9.27 Å². The van der Waals surface area contributed by atoms with Gasteiger partial charge in [-0.1, -0.05) is 25.4 Å². The first-order chi connectivity index (χ1) is 9.19. The first kappa shape index (κ1) is 14.6. The highest BCUT2D eigenvalue weighted by atomic mass is 35.5. The molecule has 0 saturated carbocycles. The fraction of sp³-hybridized carbons (Fsp3) is 0.692. The summed E-state index contributed by atoms with van der Waals surface area (Å²) in [6, 6.07) is 2.16. The molecule has 0 spiro atoms. The van der Waals surface area contributed by atoms with Gasteiger partial charge >= 0.3 is 0 Å². The van der Waals surface area contributed by atoms with Crippen molar-refractivity contribution in [3.8, 4) is 6.07 Å². The lowest BCUT2D eigenvalue weighted by molar-refractivity contribution is 0.261. The molecule has 104 valence electrons. The van der Waals surface area contributed by atoms with Crippen LogP contribution in [0.25, 0.3) is 0 Å². The van der Waals surface area contributed by atoms with Crippen LogP contribution in [0.15, 0.2) is 0 Å². The van der Waals surface area contributed by atoms with Gasteiger partial charge in [-0.05, 0) is 37.0 Å². The van der Waals surface area contributed by atoms with E-state index in [9.17, 15) is 0 Å². The fourth-order valence-electron chi connectivity index (χ4n) is 2.59. The number of anilines is 1. The molecule has 6 heteroatoms. The summed E-state index contributed by atoms with van der Waals surface area (Å²) >= 11 is 7.27. The third-order valence-corrected chi connectivity index (χ3v) is 5.01. The maximum atomic E-state index is 9.13. The van der Waals surface area contributed by atoms with Gasteiger partial charge in [0.1, 0.15) is 16.6 Å². The van der Waals surface area contributed by atoms with Gasteiger partial charge < -0.3 is 9.80 Å². The van der Waals surface area contributed by atoms with E-state index in [4.69, 9.17) is 16.9 Å². The van der Waals surface area contributed by atoms with E-state index in [-0.39, 0.29) is 0 Å². The number of rotatable bonds is 5. The third kappa shape index (κ3) is 3.19. The van der Waals surface area contributed by atoms with Crippen LogP contribution in [0.1, 0.15) is 25.8 Å². The van der Waals surface area contributed by atoms with E-state index in [1.54, 1.807) is 0 Å². The second-order valence-electron chi connectivity index (χ2n) is 4.85. The number of nitrogens with zero attached hydrogens (tertiary/aromatic N) is 4. The van der Waals surface area contributed by atoms with Crippen LogP contribution in [0, 0.1) is 17.2 Å². The van der Waals surface area contributed by atoms with Crippen molar-refractivity contribution < 1.29 is 0 Å². The summed E-state index contributed by atoms with van der Waals surface area (Å²) in [5, 5.41) is 10.4. The Balaban J connectivity index is 2.00. The predicted molar refractivity (Wildman–Crippen MR) is 79.9 cm³/mol. The van der Waals surface area contributed by atoms with Crippen LogP contribution in [-0.2, 0) is 0 Å². The molecule has 0 aliphatic carbocycles. The average Bonchev–Trinajstić information content (AvgIpc) is 3.02. The Bertz CT molecular complexity index is 464. The average molecular weight is 299 g/mol. The van der Waals surface area contributed by atoms with Gasteiger partial charge in [-0.2, -0.15) is 9.64 Å². The summed E-state index contributed by atoms with van der Waals surface area (Å²) in [6.45, 7) is 9.74. The zero-order valence-electron chi connectivity index (χ0n) is 11.4. The quantitative estimate of drug-likeness (QED) is 0.838. The largest absolute Gasteiger partial charge is 0.361 e. The molecule has 0 radical (unpaired) electrons. The Kier molecular flexibility index (Phi) is 5.03. The highest BCUT2D eigenvalue weighted by molar-refractivity contribution is 7.10. The fourth-order valence-corrected chi connectivity index (χ4v) is 3.65. The van der Waals surface area contributed by atoms with Crippen molar-refractivity contribution in [2.45, 2.75) is 20.3 Å². The standard InChI is InChI=1S/C13H19ClN4S/c1-3-17(4-2)8-10-5-6-18(9-10)13-11(7-15)12(14)16-19-13/h10H,3-6,8-9H2,1-2H3. The monoisotopic (exact) mass is 298 g/mol. The van der Waals surface area contributed by atoms with E-state index in [1.807, 2.05) is 0 Å². The van der Waals surface area contributed by atoms with Gasteiger partial charge in [0.2, 0.25) is 0 Å². The summed E-state index contributed by atoms with van der Waals surface area (Å²) in [5.74, 6) is 0.673. The van der Waals surface area contributed by atoms with Crippen molar-refractivity contribution in [3.05, 3.63) is 10.7 Å². The maximum absolute atomic E-state index is 9.13. The lowest BCUT2D eigenvalue weighted by Crippen LogP contribution is -2.31. The molecular formula is C13H19ClN4S. The first-order valence-electron chi connectivity index (χ1n) is 6.72. The molecule has 19 heavy (non-hydrogen) atoms. The van der Waals surface area contributed by atoms with Crippen LogP contribution in [-0.4, -0.2) is 42.0 Å². The molecule has 0 aromatic carbocycles. The Morgan fingerprint density at radius 2 is 2.26 bits per heavy atom. The second kappa shape index (κ2) is 6.56. The van der Waals surface area contributed by atoms with Crippen LogP contribution in [0.2, 0.25) is 5.15 Å². The summed E-state index contributed by atoms with van der Waals surface area (Å²) in [5.41, 5.74) is 0.537. The summed E-state index contributed by atoms with van der Waals surface area (Å²) in [4.78, 5) is 4.72. The number of halogens is 1. The molecule has 1 atom stereocenters. The van der Waals surface area contributed by atoms with E-state index < -0.39 is 0 Å². The third-order valence-electron chi connectivity index (χ3n) is 3.73. The highest BCUT2D eigenvalue weighted by Crippen LogP contribution is 2.34. The normalized spacial score (nSPS) is 19.1. The number of nitriles is 1. The van der Waals surface area contributed by atoms with Crippen LogP contribution in [0.5, 0.6) is 0 Å². The predicted octanol–water partition coefficient (Wildman–Crippen LogP) is 2.84. The SMILES string of the molecule is CCN(CC)CC1CCN(c2snc(Cl)c2C#N)C1. The molecule has 1 aliphatic heterocycles. The molecule has 2 rings (SSSR count). The molecule has 1 saturated heterocycles. The molecule has 2 heterocycles. The second-order valence-corrected chi connectivity index (χ2v) is 5.96. The first-order valence-corrected chi connectivity index (χ1v) is 7.87. The van der Waals surface area contributed by atoms with Crippen LogP contribution < -0.4 is 4.90 Å². The molecule has 1 aliphatic rings. The van der Waals surface area contributed by atoms with E-state index in [0.717, 1.165) is 37.7 Å². The van der Waals surface area contributed by atoms with Gasteiger partial charge in [-0.3, -0.25) is 0 Å². The summed E-state index contributed by atoms with van der Waals surface area (Å²) in [7, 11) is 0. The number of hydrogen-bond donors (Lipinski definition) is 0. The molecular weight excluding hydrogens is 280 g/mol. The van der Waals surface area contributed by atoms with Crippen LogP contribution in [0.4, 0.5) is 5.00 Å². The zero-order valence-corrected chi connectivity index (χ0v) is 13.0. The minimum absolute atomic E-state index is 0.342. The zero-order chi connectivity index (χ0) is 13.8. The Hall–Kier alpha value is -0.830. The molecule has 0 amide bonds. The molecule has 1 fully saturated rings. The minimum Gasteiger partial charge on any atom is -0.361 e. The van der Waals surface area contributed by atoms with Gasteiger partial charge in [0.05, 0.1) is 0 Å². The minimum atomic E-state index is 0.342. The van der Waals surface area contributed by atoms with Crippen LogP contribution >= 0.6 is 23.1 Å². The van der Waals surface area contributed by atoms with Gasteiger partial charge in [-0.25, -0.2) is 0 Å². The lowest BCUT2D eigenvalue weighted by Gasteiger charge is -2.22. The van der Waals surface area contributed by atoms with Crippen molar-refractivity contribution in [2.75, 3.05) is 37.6 Å². The van der Waals surface area contributed by atoms with E-state index in [0.29, 0.717) is 16.6 Å². The highest BCUT2D eigenvalue weighted by Gasteiger charge is 2.27. The van der Waals surface area contributed by atoms with Gasteiger partial charge in [0, 0.05) is 19.6 Å². The molecule has 1 unspecified atom stereocenters. The maximum Gasteiger partial charge on any atom is 0.162 e. The van der Waals surface area contributed by atoms with Crippen molar-refractivity contribution in [3.63, 3.8) is 0 Å². The van der Waals surface area contributed by atoms with Crippen molar-refractivity contribution in [2.24, 2.45) is 5.92 Å². The van der Waals surface area contributed by atoms with Crippen molar-refractivity contribution in [1.29, 1.82) is 5.26 Å². The van der Waals surface area contributed by atoms with E-state index >= 15 is 0 Å². The topological polar surface area (TPSA) is 43.2 Å². The van der Waals surface area contributed by atoms with Crippen LogP contribution in [0.3, 0.4) is 0 Å².